The van der Waals surface area contributed by atoms with Gasteiger partial charge in [0.05, 0.1) is 0 Å². The van der Waals surface area contributed by atoms with Gasteiger partial charge < -0.3 is 4.90 Å². The number of fused-ring (bicyclic) bond motifs is 2. The molecule has 0 aliphatic carbocycles. The van der Waals surface area contributed by atoms with E-state index in [0.29, 0.717) is 23.2 Å². The van der Waals surface area contributed by atoms with Crippen LogP contribution in [0.15, 0.2) is 58.2 Å². The third kappa shape index (κ3) is 2.63. The Morgan fingerprint density at radius 3 is 2.92 bits per heavy atom. The van der Waals surface area contributed by atoms with Crippen LogP contribution in [0.4, 0.5) is 0 Å². The molecule has 1 amide bonds. The maximum Gasteiger partial charge on any atom is 0.270 e. The highest BCUT2D eigenvalue weighted by Gasteiger charge is 2.18. The number of hydrogen-bond acceptors (Lipinski definition) is 6. The van der Waals surface area contributed by atoms with Crippen molar-refractivity contribution >= 4 is 22.6 Å². The summed E-state index contributed by atoms with van der Waals surface area (Å²) in [4.78, 5) is 30.8. The van der Waals surface area contributed by atoms with Gasteiger partial charge in [-0.05, 0) is 40.1 Å². The van der Waals surface area contributed by atoms with Crippen LogP contribution in [0.3, 0.4) is 0 Å². The summed E-state index contributed by atoms with van der Waals surface area (Å²) in [6.45, 7) is 0.318. The first-order valence-electron chi connectivity index (χ1n) is 7.56. The maximum absolute atomic E-state index is 12.7. The number of nitrogens with zero attached hydrogens (tertiary/aromatic N) is 5. The summed E-state index contributed by atoms with van der Waals surface area (Å²) in [6, 6.07) is 10.6. The number of hydrogen-bond donors (Lipinski definition) is 0. The van der Waals surface area contributed by atoms with Crippen LogP contribution < -0.4 is 5.56 Å². The zero-order valence-corrected chi connectivity index (χ0v) is 13.3. The molecular weight excluding hydrogens is 322 g/mol. The Balaban J connectivity index is 1.63. The largest absolute Gasteiger partial charge is 0.337 e. The number of carbonyl (C=O) groups excluding carboxylic acids is 1. The molecule has 0 saturated carbocycles. The molecule has 8 heteroatoms. The zero-order chi connectivity index (χ0) is 17.4. The molecule has 124 valence electrons. The van der Waals surface area contributed by atoms with E-state index >= 15 is 0 Å². The lowest BCUT2D eigenvalue weighted by Crippen LogP contribution is -2.32. The monoisotopic (exact) mass is 335 g/mol. The lowest BCUT2D eigenvalue weighted by atomic mass is 10.2. The van der Waals surface area contributed by atoms with E-state index in [4.69, 9.17) is 0 Å². The van der Waals surface area contributed by atoms with Gasteiger partial charge in [0.15, 0.2) is 0 Å². The lowest BCUT2D eigenvalue weighted by molar-refractivity contribution is 0.0782. The zero-order valence-electron chi connectivity index (χ0n) is 13.3. The van der Waals surface area contributed by atoms with Crippen LogP contribution in [0.1, 0.15) is 15.9 Å². The molecule has 0 aliphatic heterocycles. The van der Waals surface area contributed by atoms with Gasteiger partial charge in [-0.15, -0.1) is 0 Å². The molecule has 0 N–H and O–H groups in total. The predicted molar refractivity (Wildman–Crippen MR) is 89.1 cm³/mol. The first-order valence-corrected chi connectivity index (χ1v) is 7.56. The van der Waals surface area contributed by atoms with Gasteiger partial charge in [-0.3, -0.25) is 14.0 Å². The molecule has 3 heterocycles. The first kappa shape index (κ1) is 15.0. The summed E-state index contributed by atoms with van der Waals surface area (Å²) in [5.41, 5.74) is 2.25. The number of carbonyl (C=O) groups is 1. The number of pyridine rings is 1. The highest BCUT2D eigenvalue weighted by Crippen LogP contribution is 2.13. The van der Waals surface area contributed by atoms with Crippen LogP contribution in [0.25, 0.3) is 16.7 Å². The molecule has 0 unspecified atom stereocenters. The molecule has 25 heavy (non-hydrogen) atoms. The molecule has 8 nitrogen and oxygen atoms in total. The van der Waals surface area contributed by atoms with E-state index in [0.717, 1.165) is 5.56 Å². The van der Waals surface area contributed by atoms with Crippen molar-refractivity contribution in [2.24, 2.45) is 0 Å². The molecule has 0 bridgehead atoms. The van der Waals surface area contributed by atoms with Crippen molar-refractivity contribution in [1.82, 2.24) is 24.6 Å². The average molecular weight is 335 g/mol. The Bertz CT molecular complexity index is 1150. The molecule has 4 rings (SSSR count). The van der Waals surface area contributed by atoms with Crippen molar-refractivity contribution < 1.29 is 9.42 Å². The molecule has 0 fully saturated rings. The third-order valence-electron chi connectivity index (χ3n) is 3.93. The highest BCUT2D eigenvalue weighted by atomic mass is 16.6. The Hall–Kier alpha value is -3.55. The molecule has 0 radical (unpaired) electrons. The third-order valence-corrected chi connectivity index (χ3v) is 3.93. The van der Waals surface area contributed by atoms with Gasteiger partial charge in [0.1, 0.15) is 22.2 Å². The minimum Gasteiger partial charge on any atom is -0.337 e. The Kier molecular flexibility index (Phi) is 3.50. The lowest BCUT2D eigenvalue weighted by Gasteiger charge is -2.17. The average Bonchev–Trinajstić information content (AvgIpc) is 3.09. The van der Waals surface area contributed by atoms with E-state index < -0.39 is 11.5 Å². The molecule has 1 aromatic carbocycles. The van der Waals surface area contributed by atoms with Crippen LogP contribution in [-0.4, -0.2) is 37.6 Å². The van der Waals surface area contributed by atoms with Gasteiger partial charge in [0, 0.05) is 26.0 Å². The van der Waals surface area contributed by atoms with E-state index in [-0.39, 0.29) is 5.56 Å². The smallest absolute Gasteiger partial charge is 0.270 e. The Labute approximate surface area is 141 Å². The minimum atomic E-state index is -0.394. The standard InChI is InChI=1S/C17H13N5O3/c1-21(10-11-5-6-13-14(8-11)20-25-19-13)16(23)12-9-18-15-4-2-3-7-22(15)17(12)24/h2-9H,10H2,1H3. The predicted octanol–water partition coefficient (Wildman–Crippen LogP) is 1.50. The second kappa shape index (κ2) is 5.82. The highest BCUT2D eigenvalue weighted by molar-refractivity contribution is 5.93. The van der Waals surface area contributed by atoms with Gasteiger partial charge in [0.25, 0.3) is 11.5 Å². The van der Waals surface area contributed by atoms with Crippen molar-refractivity contribution in [1.29, 1.82) is 0 Å². The quantitative estimate of drug-likeness (QED) is 0.563. The topological polar surface area (TPSA) is 93.6 Å². The van der Waals surface area contributed by atoms with Crippen LogP contribution in [0.5, 0.6) is 0 Å². The van der Waals surface area contributed by atoms with Crippen LogP contribution in [-0.2, 0) is 6.54 Å². The van der Waals surface area contributed by atoms with E-state index in [1.54, 1.807) is 43.6 Å². The van der Waals surface area contributed by atoms with E-state index in [2.05, 4.69) is 19.9 Å². The summed E-state index contributed by atoms with van der Waals surface area (Å²) < 4.78 is 6.02. The summed E-state index contributed by atoms with van der Waals surface area (Å²) >= 11 is 0. The van der Waals surface area contributed by atoms with Crippen LogP contribution in [0.2, 0.25) is 0 Å². The molecule has 0 aliphatic rings. The minimum absolute atomic E-state index is 0.0235. The van der Waals surface area contributed by atoms with Crippen molar-refractivity contribution in [2.45, 2.75) is 6.54 Å². The van der Waals surface area contributed by atoms with Gasteiger partial charge in [-0.25, -0.2) is 9.61 Å². The molecule has 0 spiro atoms. The number of amides is 1. The Morgan fingerprint density at radius 2 is 2.04 bits per heavy atom. The van der Waals surface area contributed by atoms with Gasteiger partial charge in [-0.2, -0.15) is 0 Å². The van der Waals surface area contributed by atoms with Crippen molar-refractivity contribution in [3.63, 3.8) is 0 Å². The van der Waals surface area contributed by atoms with E-state index in [1.165, 1.54) is 15.5 Å². The van der Waals surface area contributed by atoms with Gasteiger partial charge in [-0.1, -0.05) is 12.1 Å². The summed E-state index contributed by atoms with van der Waals surface area (Å²) in [6.07, 6.45) is 2.91. The van der Waals surface area contributed by atoms with E-state index in [9.17, 15) is 9.59 Å². The fraction of sp³-hybridized carbons (Fsp3) is 0.118. The fourth-order valence-electron chi connectivity index (χ4n) is 2.65. The van der Waals surface area contributed by atoms with Crippen LogP contribution in [0, 0.1) is 0 Å². The van der Waals surface area contributed by atoms with E-state index in [1.807, 2.05) is 6.07 Å². The molecule has 0 atom stereocenters. The SMILES string of the molecule is CN(Cc1ccc2nonc2c1)C(=O)c1cnc2ccccn2c1=O. The summed E-state index contributed by atoms with van der Waals surface area (Å²) in [5.74, 6) is -0.394. The van der Waals surface area contributed by atoms with Crippen molar-refractivity contribution in [2.75, 3.05) is 7.05 Å². The molecule has 0 saturated heterocycles. The maximum atomic E-state index is 12.7. The van der Waals surface area contributed by atoms with Gasteiger partial charge >= 0.3 is 0 Å². The first-order chi connectivity index (χ1) is 12.1. The fourth-order valence-corrected chi connectivity index (χ4v) is 2.65. The summed E-state index contributed by atoms with van der Waals surface area (Å²) in [5, 5.41) is 7.53. The Morgan fingerprint density at radius 1 is 1.20 bits per heavy atom. The molecular formula is C17H13N5O3. The second-order valence-electron chi connectivity index (χ2n) is 5.65. The van der Waals surface area contributed by atoms with Crippen molar-refractivity contribution in [3.05, 3.63) is 70.3 Å². The number of aromatic nitrogens is 4. The second-order valence-corrected chi connectivity index (χ2v) is 5.65. The number of rotatable bonds is 3. The van der Waals surface area contributed by atoms with Crippen molar-refractivity contribution in [3.8, 4) is 0 Å². The normalized spacial score (nSPS) is 11.1. The van der Waals surface area contributed by atoms with Gasteiger partial charge in [0.2, 0.25) is 0 Å². The molecule has 4 aromatic rings. The summed E-state index contributed by atoms with van der Waals surface area (Å²) in [7, 11) is 1.63. The molecule has 3 aromatic heterocycles. The number of benzene rings is 1. The van der Waals surface area contributed by atoms with Crippen LogP contribution >= 0.6 is 0 Å².